The summed E-state index contributed by atoms with van der Waals surface area (Å²) in [5.41, 5.74) is 2.79. The molecule has 0 aliphatic heterocycles. The second-order valence-electron chi connectivity index (χ2n) is 11.2. The number of thiophene rings is 1. The van der Waals surface area contributed by atoms with Crippen molar-refractivity contribution in [3.8, 4) is 5.75 Å². The van der Waals surface area contributed by atoms with Crippen LogP contribution in [0.1, 0.15) is 71.7 Å². The van der Waals surface area contributed by atoms with Gasteiger partial charge < -0.3 is 20.1 Å². The van der Waals surface area contributed by atoms with Gasteiger partial charge in [0.2, 0.25) is 5.91 Å². The van der Waals surface area contributed by atoms with Gasteiger partial charge in [-0.25, -0.2) is 4.79 Å². The van der Waals surface area contributed by atoms with Crippen LogP contribution >= 0.6 is 23.1 Å². The third kappa shape index (κ3) is 7.32. The summed E-state index contributed by atoms with van der Waals surface area (Å²) >= 11 is 2.92. The number of ether oxygens (including phenoxy) is 2. The molecule has 41 heavy (non-hydrogen) atoms. The Bertz CT molecular complexity index is 1430. The third-order valence-corrected chi connectivity index (χ3v) is 10.0. The monoisotopic (exact) mass is 594 g/mol. The molecule has 2 atom stereocenters. The standard InChI is InChI=1S/C32H38N2O5S2/c1-7-25(40-23-13-9-11-21(18-23)33-28(35)19-10-8-12-22(16-19)38-5)29(36)34-30-27(31(37)39-6)24-15-14-20(32(2,3)4)17-26(24)41-30/h8-13,16,18,20,25H,7,14-15,17H2,1-6H3,(H,33,35)(H,34,36). The minimum absolute atomic E-state index is 0.167. The summed E-state index contributed by atoms with van der Waals surface area (Å²) in [5, 5.41) is 6.16. The summed E-state index contributed by atoms with van der Waals surface area (Å²) in [6.45, 7) is 8.72. The predicted octanol–water partition coefficient (Wildman–Crippen LogP) is 7.46. The van der Waals surface area contributed by atoms with Crippen LogP contribution in [0.15, 0.2) is 53.4 Å². The summed E-state index contributed by atoms with van der Waals surface area (Å²) < 4.78 is 10.3. The van der Waals surface area contributed by atoms with Crippen LogP contribution < -0.4 is 15.4 Å². The van der Waals surface area contributed by atoms with Gasteiger partial charge in [0.1, 0.15) is 10.8 Å². The molecule has 2 N–H and O–H groups in total. The molecule has 0 fully saturated rings. The molecule has 1 aromatic heterocycles. The first kappa shape index (κ1) is 30.7. The summed E-state index contributed by atoms with van der Waals surface area (Å²) in [5.74, 6) is 0.293. The molecule has 218 valence electrons. The van der Waals surface area contributed by atoms with E-state index in [-0.39, 0.29) is 17.2 Å². The van der Waals surface area contributed by atoms with Crippen molar-refractivity contribution in [2.45, 2.75) is 63.5 Å². The van der Waals surface area contributed by atoms with Crippen molar-refractivity contribution in [2.75, 3.05) is 24.9 Å². The number of rotatable bonds is 9. The largest absolute Gasteiger partial charge is 0.497 e. The molecule has 0 spiro atoms. The van der Waals surface area contributed by atoms with E-state index in [0.717, 1.165) is 34.6 Å². The van der Waals surface area contributed by atoms with Gasteiger partial charge >= 0.3 is 5.97 Å². The minimum Gasteiger partial charge on any atom is -0.497 e. The number of carbonyl (C=O) groups is 3. The molecule has 9 heteroatoms. The van der Waals surface area contributed by atoms with Gasteiger partial charge in [0.15, 0.2) is 0 Å². The van der Waals surface area contributed by atoms with Crippen molar-refractivity contribution in [2.24, 2.45) is 11.3 Å². The lowest BCUT2D eigenvalue weighted by atomic mass is 9.72. The Morgan fingerprint density at radius 2 is 1.83 bits per heavy atom. The number of methoxy groups -OCH3 is 2. The first-order valence-electron chi connectivity index (χ1n) is 13.8. The zero-order valence-corrected chi connectivity index (χ0v) is 26.1. The Kier molecular flexibility index (Phi) is 9.81. The van der Waals surface area contributed by atoms with E-state index < -0.39 is 11.2 Å². The number of hydrogen-bond donors (Lipinski definition) is 2. The Morgan fingerprint density at radius 1 is 1.07 bits per heavy atom. The van der Waals surface area contributed by atoms with E-state index in [1.165, 1.54) is 30.2 Å². The predicted molar refractivity (Wildman–Crippen MR) is 167 cm³/mol. The van der Waals surface area contributed by atoms with Crippen LogP contribution in [0.3, 0.4) is 0 Å². The van der Waals surface area contributed by atoms with Crippen LogP contribution in [-0.4, -0.2) is 37.3 Å². The maximum absolute atomic E-state index is 13.5. The van der Waals surface area contributed by atoms with Crippen LogP contribution in [0.5, 0.6) is 5.75 Å². The van der Waals surface area contributed by atoms with E-state index in [1.807, 2.05) is 31.2 Å². The molecule has 0 saturated heterocycles. The van der Waals surface area contributed by atoms with Gasteiger partial charge in [-0.3, -0.25) is 9.59 Å². The number of anilines is 2. The van der Waals surface area contributed by atoms with Gasteiger partial charge in [0, 0.05) is 21.0 Å². The van der Waals surface area contributed by atoms with E-state index in [4.69, 9.17) is 9.47 Å². The maximum Gasteiger partial charge on any atom is 0.341 e. The first-order valence-corrected chi connectivity index (χ1v) is 15.5. The molecule has 1 heterocycles. The van der Waals surface area contributed by atoms with Gasteiger partial charge in [-0.05, 0) is 79.0 Å². The minimum atomic E-state index is -0.410. The average molecular weight is 595 g/mol. The Balaban J connectivity index is 1.49. The second-order valence-corrected chi connectivity index (χ2v) is 13.6. The molecular weight excluding hydrogens is 556 g/mol. The van der Waals surface area contributed by atoms with Gasteiger partial charge in [-0.15, -0.1) is 23.1 Å². The maximum atomic E-state index is 13.5. The molecule has 3 aromatic rings. The molecule has 0 radical (unpaired) electrons. The average Bonchev–Trinajstić information content (AvgIpc) is 3.32. The Labute approximate surface area is 250 Å². The van der Waals surface area contributed by atoms with E-state index in [1.54, 1.807) is 31.4 Å². The third-order valence-electron chi connectivity index (χ3n) is 7.48. The smallest absolute Gasteiger partial charge is 0.341 e. The van der Waals surface area contributed by atoms with Crippen LogP contribution in [0, 0.1) is 11.3 Å². The summed E-state index contributed by atoms with van der Waals surface area (Å²) in [7, 11) is 2.94. The highest BCUT2D eigenvalue weighted by Crippen LogP contribution is 2.44. The first-order chi connectivity index (χ1) is 19.5. The Hall–Kier alpha value is -3.30. The number of amides is 2. The molecule has 2 aromatic carbocycles. The number of fused-ring (bicyclic) bond motifs is 1. The number of esters is 1. The molecule has 0 saturated carbocycles. The van der Waals surface area contributed by atoms with Gasteiger partial charge in [0.25, 0.3) is 5.91 Å². The number of nitrogens with one attached hydrogen (secondary N) is 2. The SMILES string of the molecule is CCC(Sc1cccc(NC(=O)c2cccc(OC)c2)c1)C(=O)Nc1sc2c(c1C(=O)OC)CCC(C(C)(C)C)C2. The normalized spacial score (nSPS) is 15.4. The highest BCUT2D eigenvalue weighted by atomic mass is 32.2. The van der Waals surface area contributed by atoms with Gasteiger partial charge in [-0.1, -0.05) is 39.8 Å². The Morgan fingerprint density at radius 3 is 2.51 bits per heavy atom. The lowest BCUT2D eigenvalue weighted by molar-refractivity contribution is -0.115. The fraction of sp³-hybridized carbons (Fsp3) is 0.406. The zero-order valence-electron chi connectivity index (χ0n) is 24.5. The summed E-state index contributed by atoms with van der Waals surface area (Å²) in [6, 6.07) is 14.4. The number of hydrogen-bond acceptors (Lipinski definition) is 7. The number of benzene rings is 2. The quantitative estimate of drug-likeness (QED) is 0.197. The fourth-order valence-electron chi connectivity index (χ4n) is 5.02. The number of thioether (sulfide) groups is 1. The van der Waals surface area contributed by atoms with Crippen molar-refractivity contribution in [3.05, 3.63) is 70.1 Å². The molecule has 4 rings (SSSR count). The molecule has 2 amide bonds. The van der Waals surface area contributed by atoms with E-state index in [0.29, 0.717) is 39.9 Å². The summed E-state index contributed by atoms with van der Waals surface area (Å²) in [4.78, 5) is 41.1. The van der Waals surface area contributed by atoms with Crippen LogP contribution in [0.4, 0.5) is 10.7 Å². The van der Waals surface area contributed by atoms with E-state index in [2.05, 4.69) is 31.4 Å². The molecule has 7 nitrogen and oxygen atoms in total. The highest BCUT2D eigenvalue weighted by Gasteiger charge is 2.35. The van der Waals surface area contributed by atoms with E-state index in [9.17, 15) is 14.4 Å². The highest BCUT2D eigenvalue weighted by molar-refractivity contribution is 8.00. The van der Waals surface area contributed by atoms with Crippen molar-refractivity contribution in [1.29, 1.82) is 0 Å². The molecular formula is C32H38N2O5S2. The molecule has 1 aliphatic carbocycles. The molecule has 0 bridgehead atoms. The van der Waals surface area contributed by atoms with Crippen LogP contribution in [-0.2, 0) is 22.4 Å². The topological polar surface area (TPSA) is 93.7 Å². The summed E-state index contributed by atoms with van der Waals surface area (Å²) in [6.07, 6.45) is 3.28. The molecule has 1 aliphatic rings. The van der Waals surface area contributed by atoms with Crippen molar-refractivity contribution in [1.82, 2.24) is 0 Å². The van der Waals surface area contributed by atoms with Crippen LogP contribution in [0.2, 0.25) is 0 Å². The van der Waals surface area contributed by atoms with Gasteiger partial charge in [-0.2, -0.15) is 0 Å². The van der Waals surface area contributed by atoms with Crippen molar-refractivity contribution < 1.29 is 23.9 Å². The van der Waals surface area contributed by atoms with Crippen molar-refractivity contribution in [3.63, 3.8) is 0 Å². The lowest BCUT2D eigenvalue weighted by Gasteiger charge is -2.33. The second kappa shape index (κ2) is 13.1. The van der Waals surface area contributed by atoms with Crippen LogP contribution in [0.25, 0.3) is 0 Å². The van der Waals surface area contributed by atoms with E-state index >= 15 is 0 Å². The number of carbonyl (C=O) groups excluding carboxylic acids is 3. The van der Waals surface area contributed by atoms with Crippen molar-refractivity contribution >= 4 is 51.6 Å². The molecule has 2 unspecified atom stereocenters. The fourth-order valence-corrected chi connectivity index (χ4v) is 7.36. The zero-order chi connectivity index (χ0) is 29.7. The van der Waals surface area contributed by atoms with Gasteiger partial charge in [0.05, 0.1) is 25.0 Å². The lowest BCUT2D eigenvalue weighted by Crippen LogP contribution is -2.27.